The van der Waals surface area contributed by atoms with E-state index in [0.717, 1.165) is 6.54 Å². The molecule has 1 aromatic rings. The van der Waals surface area contributed by atoms with E-state index in [-0.39, 0.29) is 12.5 Å². The molecule has 4 fully saturated rings. The van der Waals surface area contributed by atoms with Crippen molar-refractivity contribution in [3.05, 3.63) is 35.9 Å². The number of fused-ring (bicyclic) bond motifs is 2. The van der Waals surface area contributed by atoms with Crippen LogP contribution in [0.5, 0.6) is 0 Å². The Bertz CT molecular complexity index is 586. The van der Waals surface area contributed by atoms with Gasteiger partial charge in [0.1, 0.15) is 6.61 Å². The van der Waals surface area contributed by atoms with Gasteiger partial charge in [0.15, 0.2) is 0 Å². The number of amides is 1. The first-order valence-electron chi connectivity index (χ1n) is 9.44. The van der Waals surface area contributed by atoms with Crippen molar-refractivity contribution in [1.82, 2.24) is 9.80 Å². The van der Waals surface area contributed by atoms with Crippen LogP contribution in [0.3, 0.4) is 0 Å². The van der Waals surface area contributed by atoms with Crippen LogP contribution < -0.4 is 0 Å². The summed E-state index contributed by atoms with van der Waals surface area (Å²) in [5, 5.41) is 0. The molecule has 1 aromatic carbocycles. The molecule has 4 aliphatic rings. The summed E-state index contributed by atoms with van der Waals surface area (Å²) in [5.74, 6) is 1.20. The van der Waals surface area contributed by atoms with Gasteiger partial charge in [-0.05, 0) is 37.4 Å². The highest BCUT2D eigenvalue weighted by Crippen LogP contribution is 2.46. The maximum Gasteiger partial charge on any atom is 0.248 e. The van der Waals surface area contributed by atoms with Crippen LogP contribution in [0.2, 0.25) is 0 Å². The Morgan fingerprint density at radius 1 is 1.12 bits per heavy atom. The summed E-state index contributed by atoms with van der Waals surface area (Å²) < 4.78 is 10.5. The number of carbonyl (C=O) groups is 1. The van der Waals surface area contributed by atoms with E-state index in [4.69, 9.17) is 9.47 Å². The van der Waals surface area contributed by atoms with E-state index in [0.29, 0.717) is 37.1 Å². The maximum absolute atomic E-state index is 12.9. The summed E-state index contributed by atoms with van der Waals surface area (Å²) in [4.78, 5) is 17.6. The Kier molecular flexibility index (Phi) is 5.06. The second kappa shape index (κ2) is 7.44. The number of ether oxygens (including phenoxy) is 2. The van der Waals surface area contributed by atoms with Gasteiger partial charge in [-0.15, -0.1) is 0 Å². The molecule has 0 radical (unpaired) electrons. The summed E-state index contributed by atoms with van der Waals surface area (Å²) in [7, 11) is 1.65. The van der Waals surface area contributed by atoms with Gasteiger partial charge in [0.05, 0.1) is 19.3 Å². The molecule has 0 aromatic heterocycles. The van der Waals surface area contributed by atoms with E-state index in [1.54, 1.807) is 7.11 Å². The highest BCUT2D eigenvalue weighted by molar-refractivity contribution is 5.78. The van der Waals surface area contributed by atoms with Crippen LogP contribution in [0.1, 0.15) is 24.3 Å². The molecule has 0 saturated carbocycles. The molecule has 4 aliphatic heterocycles. The van der Waals surface area contributed by atoms with Crippen molar-refractivity contribution in [3.63, 3.8) is 0 Å². The number of benzene rings is 1. The van der Waals surface area contributed by atoms with E-state index < -0.39 is 0 Å². The molecule has 0 N–H and O–H groups in total. The van der Waals surface area contributed by atoms with Gasteiger partial charge in [-0.3, -0.25) is 9.69 Å². The van der Waals surface area contributed by atoms with Crippen molar-refractivity contribution in [2.75, 3.05) is 46.6 Å². The molecular formula is C20H28N2O3. The van der Waals surface area contributed by atoms with E-state index in [9.17, 15) is 4.79 Å². The van der Waals surface area contributed by atoms with Gasteiger partial charge < -0.3 is 14.4 Å². The fourth-order valence-electron chi connectivity index (χ4n) is 5.08. The molecule has 5 rings (SSSR count). The van der Waals surface area contributed by atoms with Crippen molar-refractivity contribution in [2.24, 2.45) is 5.92 Å². The standard InChI is InChI=1S/C20H28N2O3/c1-24-11-12-25-14-18(23)22-13-17(15-5-3-2-4-6-15)20-19(22)16-7-9-21(20)10-8-16/h2-6,16-17,19-20H,7-14H2,1H3/t17-,19+,20+/m0/s1. The first-order chi connectivity index (χ1) is 12.3. The minimum absolute atomic E-state index is 0.137. The van der Waals surface area contributed by atoms with Crippen molar-refractivity contribution >= 4 is 5.91 Å². The highest BCUT2D eigenvalue weighted by Gasteiger charge is 2.54. The lowest BCUT2D eigenvalue weighted by atomic mass is 9.75. The summed E-state index contributed by atoms with van der Waals surface area (Å²) in [6.07, 6.45) is 2.44. The molecule has 2 bridgehead atoms. The Morgan fingerprint density at radius 2 is 1.88 bits per heavy atom. The van der Waals surface area contributed by atoms with E-state index in [1.165, 1.54) is 31.5 Å². The highest BCUT2D eigenvalue weighted by atomic mass is 16.5. The molecule has 0 spiro atoms. The summed E-state index contributed by atoms with van der Waals surface area (Å²) in [6.45, 7) is 4.35. The maximum atomic E-state index is 12.9. The first kappa shape index (κ1) is 17.0. The molecule has 0 aliphatic carbocycles. The number of rotatable bonds is 6. The summed E-state index contributed by atoms with van der Waals surface area (Å²) in [5.41, 5.74) is 1.36. The first-order valence-corrected chi connectivity index (χ1v) is 9.44. The van der Waals surface area contributed by atoms with Crippen molar-refractivity contribution in [3.8, 4) is 0 Å². The summed E-state index contributed by atoms with van der Waals surface area (Å²) >= 11 is 0. The van der Waals surface area contributed by atoms with Crippen LogP contribution in [0, 0.1) is 5.92 Å². The zero-order valence-electron chi connectivity index (χ0n) is 15.0. The number of nitrogens with zero attached hydrogens (tertiary/aromatic N) is 2. The summed E-state index contributed by atoms with van der Waals surface area (Å²) in [6, 6.07) is 11.5. The smallest absolute Gasteiger partial charge is 0.248 e. The van der Waals surface area contributed by atoms with Crippen molar-refractivity contribution in [1.29, 1.82) is 0 Å². The predicted molar refractivity (Wildman–Crippen MR) is 95.5 cm³/mol. The topological polar surface area (TPSA) is 42.0 Å². The third kappa shape index (κ3) is 3.21. The zero-order chi connectivity index (χ0) is 17.2. The molecular weight excluding hydrogens is 316 g/mol. The largest absolute Gasteiger partial charge is 0.382 e. The third-order valence-electron chi connectivity index (χ3n) is 6.20. The number of piperidine rings is 3. The van der Waals surface area contributed by atoms with Gasteiger partial charge >= 0.3 is 0 Å². The monoisotopic (exact) mass is 344 g/mol. The molecule has 5 nitrogen and oxygen atoms in total. The van der Waals surface area contributed by atoms with Gasteiger partial charge in [-0.2, -0.15) is 0 Å². The van der Waals surface area contributed by atoms with Crippen LogP contribution in [-0.2, 0) is 14.3 Å². The third-order valence-corrected chi connectivity index (χ3v) is 6.20. The number of hydrogen-bond donors (Lipinski definition) is 0. The van der Waals surface area contributed by atoms with Gasteiger partial charge in [-0.25, -0.2) is 0 Å². The molecule has 5 heteroatoms. The zero-order valence-corrected chi connectivity index (χ0v) is 15.0. The average Bonchev–Trinajstić information content (AvgIpc) is 3.10. The van der Waals surface area contributed by atoms with Crippen LogP contribution in [0.4, 0.5) is 0 Å². The number of hydrogen-bond acceptors (Lipinski definition) is 4. The van der Waals surface area contributed by atoms with Gasteiger partial charge in [0.25, 0.3) is 0 Å². The second-order valence-corrected chi connectivity index (χ2v) is 7.46. The normalized spacial score (nSPS) is 33.5. The quantitative estimate of drug-likeness (QED) is 0.737. The number of likely N-dealkylation sites (tertiary alicyclic amines) is 1. The number of carbonyl (C=O) groups excluding carboxylic acids is 1. The fraction of sp³-hybridized carbons (Fsp3) is 0.650. The fourth-order valence-corrected chi connectivity index (χ4v) is 5.08. The Balaban J connectivity index is 1.53. The molecule has 136 valence electrons. The molecule has 3 atom stereocenters. The van der Waals surface area contributed by atoms with Gasteiger partial charge in [-0.1, -0.05) is 30.3 Å². The molecule has 0 unspecified atom stereocenters. The second-order valence-electron chi connectivity index (χ2n) is 7.46. The SMILES string of the molecule is COCCOCC(=O)N1C[C@@H](c2ccccc2)[C@@H]2[C@H]1C1CCN2CC1. The minimum atomic E-state index is 0.137. The molecule has 4 saturated heterocycles. The van der Waals surface area contributed by atoms with E-state index in [2.05, 4.69) is 40.1 Å². The molecule has 25 heavy (non-hydrogen) atoms. The lowest BCUT2D eigenvalue weighted by Gasteiger charge is -2.51. The average molecular weight is 344 g/mol. The van der Waals surface area contributed by atoms with Crippen molar-refractivity contribution in [2.45, 2.75) is 30.8 Å². The van der Waals surface area contributed by atoms with Gasteiger partial charge in [0, 0.05) is 25.6 Å². The van der Waals surface area contributed by atoms with Crippen LogP contribution in [0.25, 0.3) is 0 Å². The lowest BCUT2D eigenvalue weighted by molar-refractivity contribution is -0.141. The molecule has 4 heterocycles. The minimum Gasteiger partial charge on any atom is -0.382 e. The lowest BCUT2D eigenvalue weighted by Crippen LogP contribution is -2.61. The Labute approximate surface area is 149 Å². The van der Waals surface area contributed by atoms with Gasteiger partial charge in [0.2, 0.25) is 5.91 Å². The molecule has 1 amide bonds. The van der Waals surface area contributed by atoms with E-state index >= 15 is 0 Å². The van der Waals surface area contributed by atoms with E-state index in [1.807, 2.05) is 0 Å². The Hall–Kier alpha value is -1.43. The van der Waals surface area contributed by atoms with Crippen molar-refractivity contribution < 1.29 is 14.3 Å². The predicted octanol–water partition coefficient (Wildman–Crippen LogP) is 1.74. The van der Waals surface area contributed by atoms with Crippen LogP contribution in [-0.4, -0.2) is 74.4 Å². The Morgan fingerprint density at radius 3 is 2.60 bits per heavy atom. The van der Waals surface area contributed by atoms with Crippen LogP contribution >= 0.6 is 0 Å². The van der Waals surface area contributed by atoms with Crippen LogP contribution in [0.15, 0.2) is 30.3 Å². The number of methoxy groups -OCH3 is 1.